The Labute approximate surface area is 165 Å². The van der Waals surface area contributed by atoms with Crippen molar-refractivity contribution in [1.29, 1.82) is 0 Å². The monoisotopic (exact) mass is 403 g/mol. The predicted octanol–water partition coefficient (Wildman–Crippen LogP) is 3.36. The lowest BCUT2D eigenvalue weighted by molar-refractivity contribution is -0.118. The van der Waals surface area contributed by atoms with Gasteiger partial charge in [0.25, 0.3) is 5.56 Å². The predicted molar refractivity (Wildman–Crippen MR) is 107 cm³/mol. The van der Waals surface area contributed by atoms with Gasteiger partial charge in [0.05, 0.1) is 23.9 Å². The molecule has 0 aliphatic heterocycles. The van der Waals surface area contributed by atoms with E-state index < -0.39 is 0 Å². The topological polar surface area (TPSA) is 77.1 Å². The first kappa shape index (κ1) is 18.3. The van der Waals surface area contributed by atoms with Gasteiger partial charge in [-0.1, -0.05) is 18.7 Å². The van der Waals surface area contributed by atoms with Gasteiger partial charge in [-0.2, -0.15) is 0 Å². The number of rotatable bonds is 7. The van der Waals surface area contributed by atoms with Crippen LogP contribution in [0.25, 0.3) is 10.2 Å². The Morgan fingerprint density at radius 3 is 3.11 bits per heavy atom. The van der Waals surface area contributed by atoms with E-state index in [1.165, 1.54) is 22.2 Å². The van der Waals surface area contributed by atoms with Crippen LogP contribution in [0.3, 0.4) is 0 Å². The molecule has 0 atom stereocenters. The Morgan fingerprint density at radius 1 is 1.44 bits per heavy atom. The average molecular weight is 404 g/mol. The summed E-state index contributed by atoms with van der Waals surface area (Å²) >= 11 is 2.95. The van der Waals surface area contributed by atoms with Crippen LogP contribution in [0.2, 0.25) is 0 Å². The molecule has 27 heavy (non-hydrogen) atoms. The van der Waals surface area contributed by atoms with Gasteiger partial charge in [0.15, 0.2) is 5.16 Å². The van der Waals surface area contributed by atoms with E-state index in [0.29, 0.717) is 24.0 Å². The molecular weight excluding hydrogens is 382 g/mol. The number of thiophene rings is 1. The van der Waals surface area contributed by atoms with E-state index in [9.17, 15) is 9.59 Å². The average Bonchev–Trinajstić information content (AvgIpc) is 3.37. The van der Waals surface area contributed by atoms with Crippen LogP contribution in [-0.2, 0) is 30.7 Å². The molecular formula is C19H21N3O3S2. The molecule has 3 aromatic rings. The standard InChI is InChI=1S/C19H21N3O3S2/c1-2-8-22-18(24)16-13-6-3-7-14(13)27-17(16)21-19(22)26-11-15(23)20-10-12-5-4-9-25-12/h4-5,9H,2-3,6-8,10-11H2,1H3,(H,20,23). The van der Waals surface area contributed by atoms with Gasteiger partial charge in [-0.3, -0.25) is 14.2 Å². The summed E-state index contributed by atoms with van der Waals surface area (Å²) in [6.45, 7) is 3.01. The molecule has 0 fully saturated rings. The molecule has 0 saturated carbocycles. The molecule has 3 heterocycles. The minimum Gasteiger partial charge on any atom is -0.467 e. The molecule has 142 valence electrons. The highest BCUT2D eigenvalue weighted by Crippen LogP contribution is 2.35. The highest BCUT2D eigenvalue weighted by molar-refractivity contribution is 7.99. The number of carbonyl (C=O) groups is 1. The maximum absolute atomic E-state index is 13.1. The molecule has 0 radical (unpaired) electrons. The second-order valence-electron chi connectivity index (χ2n) is 6.53. The summed E-state index contributed by atoms with van der Waals surface area (Å²) in [5.74, 6) is 0.819. The summed E-state index contributed by atoms with van der Waals surface area (Å²) < 4.78 is 6.95. The summed E-state index contributed by atoms with van der Waals surface area (Å²) in [5.41, 5.74) is 1.24. The zero-order chi connectivity index (χ0) is 18.8. The van der Waals surface area contributed by atoms with Crippen LogP contribution in [0.4, 0.5) is 0 Å². The van der Waals surface area contributed by atoms with Gasteiger partial charge in [-0.25, -0.2) is 4.98 Å². The zero-order valence-corrected chi connectivity index (χ0v) is 16.8. The van der Waals surface area contributed by atoms with Gasteiger partial charge in [-0.15, -0.1) is 11.3 Å². The van der Waals surface area contributed by atoms with Crippen molar-refractivity contribution in [3.05, 3.63) is 45.0 Å². The maximum atomic E-state index is 13.1. The van der Waals surface area contributed by atoms with Crippen LogP contribution in [0.15, 0.2) is 32.8 Å². The zero-order valence-electron chi connectivity index (χ0n) is 15.1. The van der Waals surface area contributed by atoms with E-state index in [-0.39, 0.29) is 17.2 Å². The number of aromatic nitrogens is 2. The molecule has 4 rings (SSSR count). The number of thioether (sulfide) groups is 1. The molecule has 1 aliphatic carbocycles. The Balaban J connectivity index is 1.54. The first-order valence-electron chi connectivity index (χ1n) is 9.14. The van der Waals surface area contributed by atoms with Gasteiger partial charge in [0, 0.05) is 11.4 Å². The van der Waals surface area contributed by atoms with E-state index in [4.69, 9.17) is 9.40 Å². The van der Waals surface area contributed by atoms with E-state index in [0.717, 1.165) is 35.9 Å². The molecule has 0 aromatic carbocycles. The van der Waals surface area contributed by atoms with Crippen LogP contribution in [0, 0.1) is 0 Å². The fourth-order valence-electron chi connectivity index (χ4n) is 3.37. The number of hydrogen-bond donors (Lipinski definition) is 1. The molecule has 1 amide bonds. The Bertz CT molecular complexity index is 1020. The third kappa shape index (κ3) is 3.68. The van der Waals surface area contributed by atoms with Crippen LogP contribution in [0.5, 0.6) is 0 Å². The van der Waals surface area contributed by atoms with E-state index in [2.05, 4.69) is 5.32 Å². The SMILES string of the molecule is CCCn1c(SCC(=O)NCc2ccco2)nc2sc3c(c2c1=O)CCC3. The smallest absolute Gasteiger partial charge is 0.263 e. The number of carbonyl (C=O) groups excluding carboxylic acids is 1. The van der Waals surface area contributed by atoms with E-state index in [1.54, 1.807) is 28.2 Å². The summed E-state index contributed by atoms with van der Waals surface area (Å²) in [5, 5.41) is 4.25. The van der Waals surface area contributed by atoms with Crippen molar-refractivity contribution < 1.29 is 9.21 Å². The van der Waals surface area contributed by atoms with Crippen LogP contribution >= 0.6 is 23.1 Å². The van der Waals surface area contributed by atoms with Gasteiger partial charge >= 0.3 is 0 Å². The summed E-state index contributed by atoms with van der Waals surface area (Å²) in [7, 11) is 0. The number of amides is 1. The summed E-state index contributed by atoms with van der Waals surface area (Å²) in [6, 6.07) is 3.61. The van der Waals surface area contributed by atoms with Crippen LogP contribution in [0.1, 0.15) is 36.0 Å². The van der Waals surface area contributed by atoms with Crippen molar-refractivity contribution >= 4 is 39.2 Å². The third-order valence-corrected chi connectivity index (χ3v) is 6.77. The molecule has 0 spiro atoms. The highest BCUT2D eigenvalue weighted by atomic mass is 32.2. The van der Waals surface area contributed by atoms with E-state index >= 15 is 0 Å². The van der Waals surface area contributed by atoms with Crippen molar-refractivity contribution in [1.82, 2.24) is 14.9 Å². The fraction of sp³-hybridized carbons (Fsp3) is 0.421. The number of nitrogens with one attached hydrogen (secondary N) is 1. The van der Waals surface area contributed by atoms with Gasteiger partial charge in [0.1, 0.15) is 10.6 Å². The molecule has 3 aromatic heterocycles. The molecule has 8 heteroatoms. The lowest BCUT2D eigenvalue weighted by Crippen LogP contribution is -2.26. The molecule has 6 nitrogen and oxygen atoms in total. The van der Waals surface area contributed by atoms with Gasteiger partial charge in [0.2, 0.25) is 5.91 Å². The number of furan rings is 1. The molecule has 1 aliphatic rings. The second-order valence-corrected chi connectivity index (χ2v) is 8.56. The minimum atomic E-state index is -0.109. The fourth-order valence-corrected chi connectivity index (χ4v) is 5.53. The quantitative estimate of drug-likeness (QED) is 0.483. The van der Waals surface area contributed by atoms with Crippen LogP contribution in [-0.4, -0.2) is 21.2 Å². The normalized spacial score (nSPS) is 13.2. The molecule has 1 N–H and O–H groups in total. The number of aryl methyl sites for hydroxylation is 2. The van der Waals surface area contributed by atoms with Gasteiger partial charge < -0.3 is 9.73 Å². The summed E-state index contributed by atoms with van der Waals surface area (Å²) in [6.07, 6.45) is 5.56. The Hall–Kier alpha value is -2.06. The van der Waals surface area contributed by atoms with Crippen molar-refractivity contribution in [2.75, 3.05) is 5.75 Å². The second kappa shape index (κ2) is 7.90. The molecule has 0 saturated heterocycles. The lowest BCUT2D eigenvalue weighted by atomic mass is 10.2. The molecule has 0 bridgehead atoms. The van der Waals surface area contributed by atoms with Crippen molar-refractivity contribution in [3.8, 4) is 0 Å². The Morgan fingerprint density at radius 2 is 2.33 bits per heavy atom. The number of hydrogen-bond acceptors (Lipinski definition) is 6. The maximum Gasteiger partial charge on any atom is 0.263 e. The van der Waals surface area contributed by atoms with Crippen molar-refractivity contribution in [2.45, 2.75) is 50.9 Å². The van der Waals surface area contributed by atoms with Crippen LogP contribution < -0.4 is 10.9 Å². The molecule has 0 unspecified atom stereocenters. The first-order chi connectivity index (χ1) is 13.2. The Kier molecular flexibility index (Phi) is 5.36. The number of nitrogens with zero attached hydrogens (tertiary/aromatic N) is 2. The van der Waals surface area contributed by atoms with Gasteiger partial charge in [-0.05, 0) is 43.4 Å². The number of fused-ring (bicyclic) bond motifs is 3. The van der Waals surface area contributed by atoms with E-state index in [1.807, 2.05) is 13.0 Å². The highest BCUT2D eigenvalue weighted by Gasteiger charge is 2.23. The van der Waals surface area contributed by atoms with Crippen molar-refractivity contribution in [3.63, 3.8) is 0 Å². The first-order valence-corrected chi connectivity index (χ1v) is 10.9. The summed E-state index contributed by atoms with van der Waals surface area (Å²) in [4.78, 5) is 32.1. The lowest BCUT2D eigenvalue weighted by Gasteiger charge is -2.11. The third-order valence-electron chi connectivity index (χ3n) is 4.61. The largest absolute Gasteiger partial charge is 0.467 e. The van der Waals surface area contributed by atoms with Crippen molar-refractivity contribution in [2.24, 2.45) is 0 Å². The minimum absolute atomic E-state index is 0.0414.